The summed E-state index contributed by atoms with van der Waals surface area (Å²) in [6, 6.07) is 7.41. The zero-order chi connectivity index (χ0) is 16.9. The Morgan fingerprint density at radius 1 is 1.17 bits per heavy atom. The van der Waals surface area contributed by atoms with Gasteiger partial charge in [0.2, 0.25) is 5.82 Å². The molecule has 3 heterocycles. The third kappa shape index (κ3) is 2.23. The highest BCUT2D eigenvalue weighted by atomic mass is 19.4. The van der Waals surface area contributed by atoms with Gasteiger partial charge in [-0.15, -0.1) is 0 Å². The minimum Gasteiger partial charge on any atom is -0.453 e. The molecule has 0 fully saturated rings. The van der Waals surface area contributed by atoms with E-state index in [1.54, 1.807) is 18.3 Å². The molecule has 8 heteroatoms. The number of nitrogens with zero attached hydrogens (tertiary/aromatic N) is 2. The highest BCUT2D eigenvalue weighted by molar-refractivity contribution is 6.00. The van der Waals surface area contributed by atoms with Gasteiger partial charge in [-0.3, -0.25) is 9.78 Å². The van der Waals surface area contributed by atoms with E-state index < -0.39 is 12.0 Å². The van der Waals surface area contributed by atoms with Crippen LogP contribution in [0.25, 0.3) is 33.3 Å². The van der Waals surface area contributed by atoms with Crippen molar-refractivity contribution in [3.8, 4) is 11.3 Å². The standard InChI is InChI=1S/C16H8F3N3O2/c17-16(18,19)15-21-10-4-3-9-11(23)6-12(8-2-1-5-20-7-8)24-14(9)13(10)22-15/h1-7H,(H,21,22). The van der Waals surface area contributed by atoms with Gasteiger partial charge in [0.1, 0.15) is 11.3 Å². The van der Waals surface area contributed by atoms with Crippen molar-refractivity contribution in [3.63, 3.8) is 0 Å². The fourth-order valence-corrected chi connectivity index (χ4v) is 2.47. The molecule has 0 bridgehead atoms. The number of aromatic amines is 1. The van der Waals surface area contributed by atoms with Crippen molar-refractivity contribution in [1.29, 1.82) is 0 Å². The summed E-state index contributed by atoms with van der Waals surface area (Å²) in [5, 5.41) is 0.162. The number of hydrogen-bond acceptors (Lipinski definition) is 4. The highest BCUT2D eigenvalue weighted by Gasteiger charge is 2.35. The van der Waals surface area contributed by atoms with Crippen LogP contribution in [0.2, 0.25) is 0 Å². The number of imidazole rings is 1. The van der Waals surface area contributed by atoms with Crippen LogP contribution in [0, 0.1) is 0 Å². The Labute approximate surface area is 131 Å². The van der Waals surface area contributed by atoms with E-state index in [0.717, 1.165) is 0 Å². The van der Waals surface area contributed by atoms with Gasteiger partial charge in [-0.1, -0.05) is 0 Å². The molecule has 1 aromatic carbocycles. The van der Waals surface area contributed by atoms with Gasteiger partial charge in [-0.05, 0) is 24.3 Å². The number of pyridine rings is 1. The van der Waals surface area contributed by atoms with Crippen LogP contribution >= 0.6 is 0 Å². The van der Waals surface area contributed by atoms with Gasteiger partial charge in [0.05, 0.1) is 10.9 Å². The van der Waals surface area contributed by atoms with E-state index in [1.807, 2.05) is 0 Å². The van der Waals surface area contributed by atoms with Crippen LogP contribution in [0.5, 0.6) is 0 Å². The molecule has 1 N–H and O–H groups in total. The van der Waals surface area contributed by atoms with Crippen LogP contribution in [0.15, 0.2) is 51.9 Å². The molecule has 24 heavy (non-hydrogen) atoms. The second-order valence-corrected chi connectivity index (χ2v) is 5.14. The highest BCUT2D eigenvalue weighted by Crippen LogP contribution is 2.31. The van der Waals surface area contributed by atoms with Gasteiger partial charge in [0, 0.05) is 24.0 Å². The van der Waals surface area contributed by atoms with Crippen molar-refractivity contribution >= 4 is 22.0 Å². The Morgan fingerprint density at radius 3 is 2.71 bits per heavy atom. The van der Waals surface area contributed by atoms with Crippen LogP contribution in [-0.2, 0) is 6.18 Å². The van der Waals surface area contributed by atoms with E-state index in [-0.39, 0.29) is 33.2 Å². The summed E-state index contributed by atoms with van der Waals surface area (Å²) < 4.78 is 44.2. The van der Waals surface area contributed by atoms with Gasteiger partial charge in [-0.25, -0.2) is 4.98 Å². The van der Waals surface area contributed by atoms with E-state index >= 15 is 0 Å². The molecule has 0 aliphatic carbocycles. The van der Waals surface area contributed by atoms with Gasteiger partial charge < -0.3 is 9.40 Å². The number of benzene rings is 1. The number of rotatable bonds is 1. The van der Waals surface area contributed by atoms with Crippen molar-refractivity contribution in [2.75, 3.05) is 0 Å². The Bertz CT molecular complexity index is 1110. The molecule has 0 unspecified atom stereocenters. The first-order valence-electron chi connectivity index (χ1n) is 6.87. The molecule has 0 aliphatic heterocycles. The van der Waals surface area contributed by atoms with Crippen LogP contribution in [0.4, 0.5) is 13.2 Å². The summed E-state index contributed by atoms with van der Waals surface area (Å²) in [5.74, 6) is -0.927. The number of alkyl halides is 3. The maximum atomic E-state index is 12.9. The summed E-state index contributed by atoms with van der Waals surface area (Å²) in [6.45, 7) is 0. The van der Waals surface area contributed by atoms with Crippen molar-refractivity contribution < 1.29 is 17.6 Å². The van der Waals surface area contributed by atoms with Crippen molar-refractivity contribution in [2.24, 2.45) is 0 Å². The molecule has 0 radical (unpaired) electrons. The van der Waals surface area contributed by atoms with Crippen molar-refractivity contribution in [3.05, 3.63) is 58.8 Å². The average molecular weight is 331 g/mol. The minimum atomic E-state index is -4.62. The molecule has 0 saturated carbocycles. The Hall–Kier alpha value is -3.16. The fourth-order valence-electron chi connectivity index (χ4n) is 2.47. The largest absolute Gasteiger partial charge is 0.453 e. The van der Waals surface area contributed by atoms with Crippen LogP contribution in [0.1, 0.15) is 5.82 Å². The van der Waals surface area contributed by atoms with Gasteiger partial charge in [-0.2, -0.15) is 13.2 Å². The van der Waals surface area contributed by atoms with Crippen molar-refractivity contribution in [1.82, 2.24) is 15.0 Å². The lowest BCUT2D eigenvalue weighted by Crippen LogP contribution is -2.06. The maximum Gasteiger partial charge on any atom is 0.449 e. The lowest BCUT2D eigenvalue weighted by Gasteiger charge is -2.03. The molecule has 120 valence electrons. The van der Waals surface area contributed by atoms with E-state index in [1.165, 1.54) is 24.4 Å². The predicted octanol–water partition coefficient (Wildman–Crippen LogP) is 3.75. The number of fused-ring (bicyclic) bond motifs is 3. The van der Waals surface area contributed by atoms with Gasteiger partial charge in [0.25, 0.3) is 0 Å². The summed E-state index contributed by atoms with van der Waals surface area (Å²) in [7, 11) is 0. The van der Waals surface area contributed by atoms with Crippen LogP contribution in [0.3, 0.4) is 0 Å². The van der Waals surface area contributed by atoms with E-state index in [0.29, 0.717) is 5.56 Å². The molecule has 4 aromatic rings. The Balaban J connectivity index is 2.06. The third-order valence-electron chi connectivity index (χ3n) is 3.56. The van der Waals surface area contributed by atoms with Crippen LogP contribution < -0.4 is 5.43 Å². The zero-order valence-electron chi connectivity index (χ0n) is 11.9. The molecule has 0 saturated heterocycles. The molecule has 3 aromatic heterocycles. The lowest BCUT2D eigenvalue weighted by atomic mass is 10.1. The second kappa shape index (κ2) is 4.92. The zero-order valence-corrected chi connectivity index (χ0v) is 11.9. The average Bonchev–Trinajstić information content (AvgIpc) is 3.00. The number of hydrogen-bond donors (Lipinski definition) is 1. The SMILES string of the molecule is O=c1cc(-c2cccnc2)oc2c1ccc1[nH]c(C(F)(F)F)nc12. The molecule has 0 amide bonds. The third-order valence-corrected chi connectivity index (χ3v) is 3.56. The normalized spacial score (nSPS) is 12.1. The summed E-state index contributed by atoms with van der Waals surface area (Å²) in [4.78, 5) is 22.0. The van der Waals surface area contributed by atoms with E-state index in [4.69, 9.17) is 4.42 Å². The lowest BCUT2D eigenvalue weighted by molar-refractivity contribution is -0.144. The number of halogens is 3. The Morgan fingerprint density at radius 2 is 2.00 bits per heavy atom. The molecule has 4 rings (SSSR count). The van der Waals surface area contributed by atoms with Crippen molar-refractivity contribution in [2.45, 2.75) is 6.18 Å². The monoisotopic (exact) mass is 331 g/mol. The first kappa shape index (κ1) is 14.4. The quantitative estimate of drug-likeness (QED) is 0.576. The molecule has 0 spiro atoms. The smallest absolute Gasteiger partial charge is 0.449 e. The fraction of sp³-hybridized carbons (Fsp3) is 0.0625. The van der Waals surface area contributed by atoms with E-state index in [9.17, 15) is 18.0 Å². The number of aromatic nitrogens is 3. The second-order valence-electron chi connectivity index (χ2n) is 5.14. The van der Waals surface area contributed by atoms with Gasteiger partial charge in [0.15, 0.2) is 11.0 Å². The topological polar surface area (TPSA) is 71.8 Å². The first-order chi connectivity index (χ1) is 11.4. The number of nitrogens with one attached hydrogen (secondary N) is 1. The molecular formula is C16H8F3N3O2. The number of H-pyrrole nitrogens is 1. The molecular weight excluding hydrogens is 323 g/mol. The minimum absolute atomic E-state index is 0.00519. The summed E-state index contributed by atoms with van der Waals surface area (Å²) in [5.41, 5.74) is 0.281. The Kier molecular flexibility index (Phi) is 2.96. The van der Waals surface area contributed by atoms with E-state index in [2.05, 4.69) is 15.0 Å². The first-order valence-corrected chi connectivity index (χ1v) is 6.87. The molecule has 5 nitrogen and oxygen atoms in total. The van der Waals surface area contributed by atoms with Gasteiger partial charge >= 0.3 is 6.18 Å². The molecule has 0 atom stereocenters. The summed E-state index contributed by atoms with van der Waals surface area (Å²) >= 11 is 0. The van der Waals surface area contributed by atoms with Crippen LogP contribution in [-0.4, -0.2) is 15.0 Å². The maximum absolute atomic E-state index is 12.9. The molecule has 0 aliphatic rings. The predicted molar refractivity (Wildman–Crippen MR) is 80.4 cm³/mol. The summed E-state index contributed by atoms with van der Waals surface area (Å²) in [6.07, 6.45) is -1.56.